The highest BCUT2D eigenvalue weighted by molar-refractivity contribution is 5.83. The molecule has 2 fully saturated rings. The number of hydrogen-bond acceptors (Lipinski definition) is 6. The maximum atomic E-state index is 15.4. The van der Waals surface area contributed by atoms with Gasteiger partial charge in [-0.2, -0.15) is 0 Å². The van der Waals surface area contributed by atoms with Crippen molar-refractivity contribution < 1.29 is 40.6 Å². The van der Waals surface area contributed by atoms with Crippen LogP contribution in [0.3, 0.4) is 0 Å². The lowest BCUT2D eigenvalue weighted by Crippen LogP contribution is -2.44. The van der Waals surface area contributed by atoms with Crippen LogP contribution in [0.5, 0.6) is 0 Å². The molecule has 0 spiro atoms. The summed E-state index contributed by atoms with van der Waals surface area (Å²) in [7, 11) is 0. The molecule has 13 heteroatoms. The monoisotopic (exact) mass is 504 g/mol. The third-order valence-electron chi connectivity index (χ3n) is 5.78. The van der Waals surface area contributed by atoms with Crippen LogP contribution in [0.2, 0.25) is 0 Å². The van der Waals surface area contributed by atoms with E-state index in [1.54, 1.807) is 0 Å². The Morgan fingerprint density at radius 2 is 1.83 bits per heavy atom. The quantitative estimate of drug-likeness (QED) is 0.491. The van der Waals surface area contributed by atoms with E-state index < -0.39 is 53.8 Å². The number of alkyl halides is 5. The van der Waals surface area contributed by atoms with Crippen LogP contribution < -0.4 is 10.6 Å². The maximum Gasteiger partial charge on any atom is 0.266 e. The van der Waals surface area contributed by atoms with Gasteiger partial charge in [0.15, 0.2) is 6.29 Å². The molecule has 190 valence electrons. The molecule has 1 aromatic carbocycles. The SMILES string of the molecule is Cc1nc(NCc2cccc(C(F)F)c2F)c(C2OCCO2)c(C(F)C(=O)NC2(C(F)F)CC2)n1. The van der Waals surface area contributed by atoms with Gasteiger partial charge in [0.05, 0.1) is 30.0 Å². The van der Waals surface area contributed by atoms with Gasteiger partial charge >= 0.3 is 0 Å². The van der Waals surface area contributed by atoms with Crippen LogP contribution in [0.1, 0.15) is 59.9 Å². The Labute approximate surface area is 196 Å². The Morgan fingerprint density at radius 3 is 2.43 bits per heavy atom. The Hall–Kier alpha value is -2.93. The zero-order chi connectivity index (χ0) is 25.3. The largest absolute Gasteiger partial charge is 0.365 e. The van der Waals surface area contributed by atoms with Gasteiger partial charge in [-0.15, -0.1) is 0 Å². The number of aromatic nitrogens is 2. The number of nitrogens with one attached hydrogen (secondary N) is 2. The lowest BCUT2D eigenvalue weighted by Gasteiger charge is -2.22. The topological polar surface area (TPSA) is 85.4 Å². The molecule has 1 saturated carbocycles. The number of aryl methyl sites for hydroxylation is 1. The number of anilines is 1. The Morgan fingerprint density at radius 1 is 1.14 bits per heavy atom. The van der Waals surface area contributed by atoms with Gasteiger partial charge in [-0.1, -0.05) is 18.2 Å². The number of amides is 1. The van der Waals surface area contributed by atoms with Crippen LogP contribution in [0.25, 0.3) is 0 Å². The van der Waals surface area contributed by atoms with Gasteiger partial charge in [0.2, 0.25) is 6.17 Å². The van der Waals surface area contributed by atoms with Crippen molar-refractivity contribution in [1.82, 2.24) is 15.3 Å². The normalized spacial score (nSPS) is 18.2. The Bertz CT molecular complexity index is 1090. The number of rotatable bonds is 9. The number of halogens is 6. The molecule has 2 aromatic rings. The Kier molecular flexibility index (Phi) is 7.17. The van der Waals surface area contributed by atoms with E-state index in [1.165, 1.54) is 19.1 Å². The summed E-state index contributed by atoms with van der Waals surface area (Å²) in [6.45, 7) is 1.36. The third kappa shape index (κ3) is 5.20. The fourth-order valence-electron chi connectivity index (χ4n) is 3.74. The summed E-state index contributed by atoms with van der Waals surface area (Å²) in [6, 6.07) is 3.51. The van der Waals surface area contributed by atoms with Gasteiger partial charge in [-0.25, -0.2) is 36.3 Å². The highest BCUT2D eigenvalue weighted by Crippen LogP contribution is 2.42. The standard InChI is InChI=1S/C22H22F6N4O3/c1-10-30-16(15(24)19(33)32-22(5-6-22)21(27)28)13(20-34-7-8-35-20)18(31-10)29-9-11-3-2-4-12(14(11)23)17(25)26/h2-4,15,17,20-21H,5-9H2,1H3,(H,32,33)(H,29,30,31). The number of carbonyl (C=O) groups is 1. The number of carbonyl (C=O) groups excluding carboxylic acids is 1. The van der Waals surface area contributed by atoms with Gasteiger partial charge in [-0.05, 0) is 19.8 Å². The second-order valence-corrected chi connectivity index (χ2v) is 8.28. The van der Waals surface area contributed by atoms with Gasteiger partial charge in [0, 0.05) is 12.1 Å². The van der Waals surface area contributed by atoms with E-state index in [0.29, 0.717) is 0 Å². The fraction of sp³-hybridized carbons (Fsp3) is 0.500. The molecular formula is C22H22F6N4O3. The smallest absolute Gasteiger partial charge is 0.266 e. The molecule has 0 radical (unpaired) electrons. The van der Waals surface area contributed by atoms with Crippen molar-refractivity contribution in [3.63, 3.8) is 0 Å². The molecule has 2 aliphatic rings. The first-order chi connectivity index (χ1) is 16.6. The zero-order valence-corrected chi connectivity index (χ0v) is 18.5. The Balaban J connectivity index is 1.65. The second-order valence-electron chi connectivity index (χ2n) is 8.28. The number of benzene rings is 1. The van der Waals surface area contributed by atoms with E-state index >= 15 is 4.39 Å². The maximum absolute atomic E-state index is 15.4. The van der Waals surface area contributed by atoms with Crippen LogP contribution in [-0.2, 0) is 20.8 Å². The summed E-state index contributed by atoms with van der Waals surface area (Å²) in [5, 5.41) is 4.81. The van der Waals surface area contributed by atoms with E-state index in [1.807, 2.05) is 0 Å². The summed E-state index contributed by atoms with van der Waals surface area (Å²) in [5.74, 6) is -2.48. The molecule has 1 aliphatic carbocycles. The van der Waals surface area contributed by atoms with Gasteiger partial charge in [0.1, 0.15) is 23.0 Å². The average Bonchev–Trinajstić information content (AvgIpc) is 3.40. The van der Waals surface area contributed by atoms with Gasteiger partial charge < -0.3 is 20.1 Å². The van der Waals surface area contributed by atoms with E-state index in [2.05, 4.69) is 20.6 Å². The van der Waals surface area contributed by atoms with Crippen molar-refractivity contribution in [3.05, 3.63) is 52.2 Å². The predicted octanol–water partition coefficient (Wildman–Crippen LogP) is 4.44. The molecular weight excluding hydrogens is 482 g/mol. The van der Waals surface area contributed by atoms with Gasteiger partial charge in [0.25, 0.3) is 18.8 Å². The molecule has 1 amide bonds. The van der Waals surface area contributed by atoms with Crippen LogP contribution >= 0.6 is 0 Å². The molecule has 7 nitrogen and oxygen atoms in total. The molecule has 1 aromatic heterocycles. The molecule has 0 bridgehead atoms. The van der Waals surface area contributed by atoms with E-state index in [0.717, 1.165) is 6.07 Å². The minimum atomic E-state index is -3.02. The highest BCUT2D eigenvalue weighted by atomic mass is 19.3. The van der Waals surface area contributed by atoms with Crippen LogP contribution in [0.15, 0.2) is 18.2 Å². The van der Waals surface area contributed by atoms with Crippen molar-refractivity contribution in [3.8, 4) is 0 Å². The third-order valence-corrected chi connectivity index (χ3v) is 5.78. The van der Waals surface area contributed by atoms with Crippen LogP contribution in [0, 0.1) is 12.7 Å². The molecule has 2 heterocycles. The first-order valence-corrected chi connectivity index (χ1v) is 10.8. The summed E-state index contributed by atoms with van der Waals surface area (Å²) in [5.41, 5.74) is -3.22. The molecule has 1 atom stereocenters. The lowest BCUT2D eigenvalue weighted by atomic mass is 10.1. The lowest BCUT2D eigenvalue weighted by molar-refractivity contribution is -0.128. The van der Waals surface area contributed by atoms with Crippen LogP contribution in [0.4, 0.5) is 32.2 Å². The summed E-state index contributed by atoms with van der Waals surface area (Å²) in [6.07, 6.45) is -9.50. The first kappa shape index (κ1) is 25.2. The molecule has 1 aliphatic heterocycles. The molecule has 1 unspecified atom stereocenters. The van der Waals surface area contributed by atoms with E-state index in [-0.39, 0.29) is 55.4 Å². The molecule has 1 saturated heterocycles. The first-order valence-electron chi connectivity index (χ1n) is 10.8. The van der Waals surface area contributed by atoms with Crippen molar-refractivity contribution in [2.75, 3.05) is 18.5 Å². The van der Waals surface area contributed by atoms with Crippen molar-refractivity contribution in [1.29, 1.82) is 0 Å². The number of nitrogens with zero attached hydrogens (tertiary/aromatic N) is 2. The second kappa shape index (κ2) is 9.97. The summed E-state index contributed by atoms with van der Waals surface area (Å²) >= 11 is 0. The highest BCUT2D eigenvalue weighted by Gasteiger charge is 2.53. The summed E-state index contributed by atoms with van der Waals surface area (Å²) in [4.78, 5) is 20.7. The van der Waals surface area contributed by atoms with Crippen molar-refractivity contribution >= 4 is 11.7 Å². The predicted molar refractivity (Wildman–Crippen MR) is 110 cm³/mol. The minimum absolute atomic E-state index is 0.0106. The number of hydrogen-bond donors (Lipinski definition) is 2. The molecule has 4 rings (SSSR count). The number of ether oxygens (including phenoxy) is 2. The summed E-state index contributed by atoms with van der Waals surface area (Å²) < 4.78 is 93.3. The van der Waals surface area contributed by atoms with Gasteiger partial charge in [-0.3, -0.25) is 4.79 Å². The van der Waals surface area contributed by atoms with Crippen molar-refractivity contribution in [2.24, 2.45) is 0 Å². The van der Waals surface area contributed by atoms with E-state index in [4.69, 9.17) is 9.47 Å². The molecule has 35 heavy (non-hydrogen) atoms. The van der Waals surface area contributed by atoms with Crippen molar-refractivity contribution in [2.45, 2.75) is 57.2 Å². The van der Waals surface area contributed by atoms with Crippen LogP contribution in [-0.4, -0.2) is 41.1 Å². The minimum Gasteiger partial charge on any atom is -0.365 e. The van der Waals surface area contributed by atoms with E-state index in [9.17, 15) is 26.7 Å². The fourth-order valence-corrected chi connectivity index (χ4v) is 3.74. The molecule has 2 N–H and O–H groups in total. The zero-order valence-electron chi connectivity index (χ0n) is 18.5. The average molecular weight is 504 g/mol.